The maximum absolute atomic E-state index is 11.4. The molecule has 0 saturated heterocycles. The molecule has 1 heterocycles. The highest BCUT2D eigenvalue weighted by Crippen LogP contribution is 2.10. The van der Waals surface area contributed by atoms with Gasteiger partial charge in [-0.3, -0.25) is 0 Å². The summed E-state index contributed by atoms with van der Waals surface area (Å²) in [5.41, 5.74) is 0. The van der Waals surface area contributed by atoms with Crippen molar-refractivity contribution in [3.63, 3.8) is 0 Å². The number of anilines is 2. The molecule has 1 unspecified atom stereocenters. The van der Waals surface area contributed by atoms with Crippen molar-refractivity contribution in [3.05, 3.63) is 18.2 Å². The summed E-state index contributed by atoms with van der Waals surface area (Å²) in [6.07, 6.45) is 0. The predicted octanol–water partition coefficient (Wildman–Crippen LogP) is 1.88. The minimum absolute atomic E-state index is 0.275. The maximum Gasteiger partial charge on any atom is 0.328 e. The molecule has 5 heteroatoms. The van der Waals surface area contributed by atoms with E-state index in [0.29, 0.717) is 12.4 Å². The summed E-state index contributed by atoms with van der Waals surface area (Å²) in [5, 5.41) is 6.11. The van der Waals surface area contributed by atoms with Crippen LogP contribution in [0, 0.1) is 0 Å². The molecule has 0 bridgehead atoms. The van der Waals surface area contributed by atoms with Crippen molar-refractivity contribution in [1.82, 2.24) is 4.98 Å². The van der Waals surface area contributed by atoms with Gasteiger partial charge in [0.1, 0.15) is 17.7 Å². The third-order valence-electron chi connectivity index (χ3n) is 2.11. The highest BCUT2D eigenvalue weighted by Gasteiger charge is 2.13. The van der Waals surface area contributed by atoms with Crippen molar-refractivity contribution in [1.29, 1.82) is 0 Å². The van der Waals surface area contributed by atoms with Gasteiger partial charge in [-0.15, -0.1) is 0 Å². The number of hydrogen-bond donors (Lipinski definition) is 2. The first kappa shape index (κ1) is 13.3. The van der Waals surface area contributed by atoms with Crippen molar-refractivity contribution in [2.24, 2.45) is 0 Å². The Morgan fingerprint density at radius 2 is 2.12 bits per heavy atom. The molecule has 0 aliphatic rings. The Kier molecular flexibility index (Phi) is 5.26. The number of aromatic nitrogens is 1. The zero-order chi connectivity index (χ0) is 12.7. The molecule has 1 aromatic rings. The van der Waals surface area contributed by atoms with Crippen LogP contribution in [-0.4, -0.2) is 30.1 Å². The summed E-state index contributed by atoms with van der Waals surface area (Å²) in [6, 6.07) is 5.17. The summed E-state index contributed by atoms with van der Waals surface area (Å²) in [5.74, 6) is 1.17. The van der Waals surface area contributed by atoms with Crippen LogP contribution in [0.2, 0.25) is 0 Å². The quantitative estimate of drug-likeness (QED) is 0.740. The summed E-state index contributed by atoms with van der Waals surface area (Å²) in [7, 11) is 0. The Labute approximate surface area is 102 Å². The topological polar surface area (TPSA) is 63.2 Å². The summed E-state index contributed by atoms with van der Waals surface area (Å²) in [6.45, 7) is 6.73. The SMILES string of the molecule is CCNc1cccc(NC(C)C(=O)OCC)n1. The molecule has 5 nitrogen and oxygen atoms in total. The van der Waals surface area contributed by atoms with E-state index in [1.807, 2.05) is 25.1 Å². The van der Waals surface area contributed by atoms with Crippen LogP contribution >= 0.6 is 0 Å². The average molecular weight is 237 g/mol. The van der Waals surface area contributed by atoms with Gasteiger partial charge in [0.05, 0.1) is 6.61 Å². The van der Waals surface area contributed by atoms with Gasteiger partial charge in [0, 0.05) is 6.54 Å². The van der Waals surface area contributed by atoms with Gasteiger partial charge < -0.3 is 15.4 Å². The smallest absolute Gasteiger partial charge is 0.328 e. The van der Waals surface area contributed by atoms with Crippen molar-refractivity contribution >= 4 is 17.6 Å². The van der Waals surface area contributed by atoms with E-state index in [9.17, 15) is 4.79 Å². The van der Waals surface area contributed by atoms with E-state index in [1.54, 1.807) is 13.8 Å². The number of hydrogen-bond acceptors (Lipinski definition) is 5. The largest absolute Gasteiger partial charge is 0.464 e. The molecule has 0 aromatic carbocycles. The van der Waals surface area contributed by atoms with E-state index in [2.05, 4.69) is 15.6 Å². The van der Waals surface area contributed by atoms with E-state index in [-0.39, 0.29) is 5.97 Å². The first-order chi connectivity index (χ1) is 8.17. The van der Waals surface area contributed by atoms with Gasteiger partial charge >= 0.3 is 5.97 Å². The number of rotatable bonds is 6. The van der Waals surface area contributed by atoms with Gasteiger partial charge in [0.2, 0.25) is 0 Å². The van der Waals surface area contributed by atoms with Crippen molar-refractivity contribution < 1.29 is 9.53 Å². The molecule has 0 fully saturated rings. The fourth-order valence-electron chi connectivity index (χ4n) is 1.34. The highest BCUT2D eigenvalue weighted by molar-refractivity contribution is 5.78. The third kappa shape index (κ3) is 4.30. The maximum atomic E-state index is 11.4. The minimum atomic E-state index is -0.403. The Morgan fingerprint density at radius 3 is 2.76 bits per heavy atom. The third-order valence-corrected chi connectivity index (χ3v) is 2.11. The monoisotopic (exact) mass is 237 g/mol. The van der Waals surface area contributed by atoms with Crippen LogP contribution in [0.1, 0.15) is 20.8 Å². The Balaban J connectivity index is 2.61. The van der Waals surface area contributed by atoms with E-state index < -0.39 is 6.04 Å². The Hall–Kier alpha value is -1.78. The van der Waals surface area contributed by atoms with Crippen LogP contribution in [-0.2, 0) is 9.53 Å². The number of ether oxygens (including phenoxy) is 1. The van der Waals surface area contributed by atoms with Crippen molar-refractivity contribution in [2.45, 2.75) is 26.8 Å². The lowest BCUT2D eigenvalue weighted by Crippen LogP contribution is -2.28. The second kappa shape index (κ2) is 6.73. The number of nitrogens with one attached hydrogen (secondary N) is 2. The van der Waals surface area contributed by atoms with Crippen LogP contribution in [0.15, 0.2) is 18.2 Å². The molecule has 1 aromatic heterocycles. The lowest BCUT2D eigenvalue weighted by atomic mass is 10.3. The van der Waals surface area contributed by atoms with E-state index in [0.717, 1.165) is 12.4 Å². The van der Waals surface area contributed by atoms with Gasteiger partial charge in [-0.2, -0.15) is 0 Å². The first-order valence-corrected chi connectivity index (χ1v) is 5.81. The fourth-order valence-corrected chi connectivity index (χ4v) is 1.34. The highest BCUT2D eigenvalue weighted by atomic mass is 16.5. The van der Waals surface area contributed by atoms with E-state index >= 15 is 0 Å². The van der Waals surface area contributed by atoms with Crippen LogP contribution in [0.5, 0.6) is 0 Å². The molecule has 2 N–H and O–H groups in total. The molecule has 17 heavy (non-hydrogen) atoms. The molecule has 0 aliphatic carbocycles. The minimum Gasteiger partial charge on any atom is -0.464 e. The molecule has 1 atom stereocenters. The van der Waals surface area contributed by atoms with Crippen molar-refractivity contribution in [2.75, 3.05) is 23.8 Å². The molecule has 0 saturated carbocycles. The molecular weight excluding hydrogens is 218 g/mol. The number of carbonyl (C=O) groups is 1. The summed E-state index contributed by atoms with van der Waals surface area (Å²) in [4.78, 5) is 15.7. The van der Waals surface area contributed by atoms with Crippen molar-refractivity contribution in [3.8, 4) is 0 Å². The molecule has 0 radical (unpaired) electrons. The number of esters is 1. The normalized spacial score (nSPS) is 11.7. The van der Waals surface area contributed by atoms with Gasteiger partial charge in [-0.05, 0) is 32.9 Å². The second-order valence-electron chi connectivity index (χ2n) is 3.56. The van der Waals surface area contributed by atoms with Crippen LogP contribution < -0.4 is 10.6 Å². The number of carbonyl (C=O) groups excluding carboxylic acids is 1. The lowest BCUT2D eigenvalue weighted by molar-refractivity contribution is -0.143. The van der Waals surface area contributed by atoms with Gasteiger partial charge in [0.25, 0.3) is 0 Å². The molecule has 0 aliphatic heterocycles. The standard InChI is InChI=1S/C12H19N3O2/c1-4-13-10-7-6-8-11(15-10)14-9(3)12(16)17-5-2/h6-9H,4-5H2,1-3H3,(H2,13,14,15). The average Bonchev–Trinajstić information content (AvgIpc) is 2.30. The van der Waals surface area contributed by atoms with E-state index in [4.69, 9.17) is 4.74 Å². The molecular formula is C12H19N3O2. The lowest BCUT2D eigenvalue weighted by Gasteiger charge is -2.13. The summed E-state index contributed by atoms with van der Waals surface area (Å²) < 4.78 is 4.91. The van der Waals surface area contributed by atoms with Crippen LogP contribution in [0.25, 0.3) is 0 Å². The van der Waals surface area contributed by atoms with Crippen LogP contribution in [0.4, 0.5) is 11.6 Å². The zero-order valence-electron chi connectivity index (χ0n) is 10.5. The second-order valence-corrected chi connectivity index (χ2v) is 3.56. The molecule has 0 spiro atoms. The van der Waals surface area contributed by atoms with Gasteiger partial charge in [-0.1, -0.05) is 6.07 Å². The molecule has 1 rings (SSSR count). The number of nitrogens with zero attached hydrogens (tertiary/aromatic N) is 1. The molecule has 0 amide bonds. The first-order valence-electron chi connectivity index (χ1n) is 5.81. The van der Waals surface area contributed by atoms with Gasteiger partial charge in [0.15, 0.2) is 0 Å². The zero-order valence-corrected chi connectivity index (χ0v) is 10.5. The van der Waals surface area contributed by atoms with Gasteiger partial charge in [-0.25, -0.2) is 9.78 Å². The van der Waals surface area contributed by atoms with Crippen LogP contribution in [0.3, 0.4) is 0 Å². The summed E-state index contributed by atoms with van der Waals surface area (Å²) >= 11 is 0. The Bertz CT molecular complexity index is 369. The number of pyridine rings is 1. The molecule has 94 valence electrons. The fraction of sp³-hybridized carbons (Fsp3) is 0.500. The van der Waals surface area contributed by atoms with E-state index in [1.165, 1.54) is 0 Å². The Morgan fingerprint density at radius 1 is 1.41 bits per heavy atom. The predicted molar refractivity (Wildman–Crippen MR) is 68.1 cm³/mol.